The molecule has 2 aromatic rings. The van der Waals surface area contributed by atoms with Gasteiger partial charge in [-0.05, 0) is 24.6 Å². The third-order valence-electron chi connectivity index (χ3n) is 3.29. The van der Waals surface area contributed by atoms with Gasteiger partial charge in [-0.25, -0.2) is 0 Å². The number of ether oxygens (including phenoxy) is 2. The Morgan fingerprint density at radius 2 is 2.14 bits per heavy atom. The minimum Gasteiger partial charge on any atom is -0.497 e. The van der Waals surface area contributed by atoms with Crippen molar-refractivity contribution in [3.05, 3.63) is 36.0 Å². The fraction of sp³-hybridized carbons (Fsp3) is 0.375. The lowest BCUT2D eigenvalue weighted by molar-refractivity contribution is 0.0939. The maximum absolute atomic E-state index is 12.2. The van der Waals surface area contributed by atoms with E-state index < -0.39 is 0 Å². The predicted octanol–water partition coefficient (Wildman–Crippen LogP) is 1.86. The van der Waals surface area contributed by atoms with Gasteiger partial charge in [0.1, 0.15) is 11.4 Å². The van der Waals surface area contributed by atoms with E-state index in [4.69, 9.17) is 9.47 Å². The second kappa shape index (κ2) is 7.61. The van der Waals surface area contributed by atoms with Crippen LogP contribution in [0.5, 0.6) is 5.75 Å². The van der Waals surface area contributed by atoms with Gasteiger partial charge in [-0.15, -0.1) is 0 Å². The third-order valence-corrected chi connectivity index (χ3v) is 3.29. The summed E-state index contributed by atoms with van der Waals surface area (Å²) in [5.41, 5.74) is 2.17. The molecule has 0 atom stereocenters. The Bertz CT molecular complexity index is 637. The highest BCUT2D eigenvalue weighted by molar-refractivity contribution is 5.93. The fourth-order valence-corrected chi connectivity index (χ4v) is 2.11. The normalized spacial score (nSPS) is 10.5. The van der Waals surface area contributed by atoms with Gasteiger partial charge in [0.25, 0.3) is 5.91 Å². The number of amides is 1. The molecule has 0 saturated heterocycles. The van der Waals surface area contributed by atoms with E-state index in [-0.39, 0.29) is 5.91 Å². The average Bonchev–Trinajstić information content (AvgIpc) is 2.93. The standard InChI is InChI=1S/C16H21N3O3/c1-19-15(16(20)17-8-5-9-21-2)11-14(18-19)12-6-4-7-13(10-12)22-3/h4,6-7,10-11H,5,8-9H2,1-3H3,(H,17,20). The minimum absolute atomic E-state index is 0.139. The smallest absolute Gasteiger partial charge is 0.269 e. The van der Waals surface area contributed by atoms with Crippen LogP contribution in [0.15, 0.2) is 30.3 Å². The van der Waals surface area contributed by atoms with Crippen molar-refractivity contribution in [2.24, 2.45) is 7.05 Å². The first-order chi connectivity index (χ1) is 10.7. The number of hydrogen-bond acceptors (Lipinski definition) is 4. The Morgan fingerprint density at radius 3 is 2.86 bits per heavy atom. The van der Waals surface area contributed by atoms with Gasteiger partial charge in [0.05, 0.1) is 12.8 Å². The van der Waals surface area contributed by atoms with Crippen LogP contribution in [-0.2, 0) is 11.8 Å². The van der Waals surface area contributed by atoms with Gasteiger partial charge in [-0.2, -0.15) is 5.10 Å². The summed E-state index contributed by atoms with van der Waals surface area (Å²) in [7, 11) is 5.02. The summed E-state index contributed by atoms with van der Waals surface area (Å²) in [6.45, 7) is 1.20. The zero-order chi connectivity index (χ0) is 15.9. The molecule has 0 saturated carbocycles. The first kappa shape index (κ1) is 16.0. The zero-order valence-corrected chi connectivity index (χ0v) is 13.1. The molecule has 1 aromatic heterocycles. The molecule has 1 N–H and O–H groups in total. The maximum Gasteiger partial charge on any atom is 0.269 e. The number of aromatic nitrogens is 2. The van der Waals surface area contributed by atoms with Crippen LogP contribution in [-0.4, -0.2) is 43.1 Å². The van der Waals surface area contributed by atoms with Crippen molar-refractivity contribution in [1.82, 2.24) is 15.1 Å². The summed E-state index contributed by atoms with van der Waals surface area (Å²) >= 11 is 0. The van der Waals surface area contributed by atoms with Gasteiger partial charge >= 0.3 is 0 Å². The van der Waals surface area contributed by atoms with Gasteiger partial charge in [0.2, 0.25) is 0 Å². The highest BCUT2D eigenvalue weighted by Gasteiger charge is 2.14. The molecule has 0 spiro atoms. The summed E-state index contributed by atoms with van der Waals surface area (Å²) in [6.07, 6.45) is 0.781. The molecule has 0 unspecified atom stereocenters. The van der Waals surface area contributed by atoms with E-state index >= 15 is 0 Å². The van der Waals surface area contributed by atoms with Gasteiger partial charge in [0, 0.05) is 32.9 Å². The summed E-state index contributed by atoms with van der Waals surface area (Å²) in [5, 5.41) is 7.25. The molecule has 1 amide bonds. The van der Waals surface area contributed by atoms with Crippen LogP contribution in [0.3, 0.4) is 0 Å². The summed E-state index contributed by atoms with van der Waals surface area (Å²) in [6, 6.07) is 9.37. The Kier molecular flexibility index (Phi) is 5.55. The number of hydrogen-bond donors (Lipinski definition) is 1. The Labute approximate surface area is 130 Å². The lowest BCUT2D eigenvalue weighted by atomic mass is 10.1. The van der Waals surface area contributed by atoms with Crippen molar-refractivity contribution in [3.63, 3.8) is 0 Å². The number of benzene rings is 1. The van der Waals surface area contributed by atoms with Crippen LogP contribution in [0, 0.1) is 0 Å². The van der Waals surface area contributed by atoms with E-state index in [2.05, 4.69) is 10.4 Å². The first-order valence-electron chi connectivity index (χ1n) is 7.11. The molecule has 1 aromatic carbocycles. The average molecular weight is 303 g/mol. The highest BCUT2D eigenvalue weighted by atomic mass is 16.5. The quantitative estimate of drug-likeness (QED) is 0.793. The molecule has 118 valence electrons. The second-order valence-electron chi connectivity index (χ2n) is 4.87. The number of aryl methyl sites for hydroxylation is 1. The lowest BCUT2D eigenvalue weighted by Gasteiger charge is -2.04. The summed E-state index contributed by atoms with van der Waals surface area (Å²) in [5.74, 6) is 0.619. The van der Waals surface area contributed by atoms with Crippen molar-refractivity contribution in [2.75, 3.05) is 27.4 Å². The number of nitrogens with one attached hydrogen (secondary N) is 1. The van der Waals surface area contributed by atoms with Crippen molar-refractivity contribution >= 4 is 5.91 Å². The molecular weight excluding hydrogens is 282 g/mol. The molecule has 6 heteroatoms. The predicted molar refractivity (Wildman–Crippen MR) is 84.0 cm³/mol. The fourth-order valence-electron chi connectivity index (χ4n) is 2.11. The van der Waals surface area contributed by atoms with E-state index in [1.807, 2.05) is 24.3 Å². The Balaban J connectivity index is 2.11. The third kappa shape index (κ3) is 3.85. The van der Waals surface area contributed by atoms with Gasteiger partial charge in [0.15, 0.2) is 0 Å². The van der Waals surface area contributed by atoms with Crippen LogP contribution >= 0.6 is 0 Å². The molecular formula is C16H21N3O3. The molecule has 0 aliphatic rings. The first-order valence-corrected chi connectivity index (χ1v) is 7.11. The van der Waals surface area contributed by atoms with E-state index in [9.17, 15) is 4.79 Å². The van der Waals surface area contributed by atoms with E-state index in [1.54, 1.807) is 32.0 Å². The number of methoxy groups -OCH3 is 2. The molecule has 2 rings (SSSR count). The second-order valence-corrected chi connectivity index (χ2v) is 4.87. The number of rotatable bonds is 7. The molecule has 1 heterocycles. The summed E-state index contributed by atoms with van der Waals surface area (Å²) < 4.78 is 11.8. The number of nitrogens with zero attached hydrogens (tertiary/aromatic N) is 2. The number of carbonyl (C=O) groups excluding carboxylic acids is 1. The topological polar surface area (TPSA) is 65.4 Å². The van der Waals surface area contributed by atoms with Crippen LogP contribution in [0.4, 0.5) is 0 Å². The molecule has 22 heavy (non-hydrogen) atoms. The minimum atomic E-state index is -0.139. The van der Waals surface area contributed by atoms with Crippen LogP contribution < -0.4 is 10.1 Å². The van der Waals surface area contributed by atoms with Crippen LogP contribution in [0.1, 0.15) is 16.9 Å². The molecule has 0 bridgehead atoms. The van der Waals surface area contributed by atoms with Crippen molar-refractivity contribution in [1.29, 1.82) is 0 Å². The Hall–Kier alpha value is -2.34. The molecule has 0 aliphatic carbocycles. The van der Waals surface area contributed by atoms with Crippen molar-refractivity contribution in [2.45, 2.75) is 6.42 Å². The van der Waals surface area contributed by atoms with Crippen LogP contribution in [0.25, 0.3) is 11.3 Å². The van der Waals surface area contributed by atoms with Crippen LogP contribution in [0.2, 0.25) is 0 Å². The monoisotopic (exact) mass is 303 g/mol. The van der Waals surface area contributed by atoms with Crippen molar-refractivity contribution in [3.8, 4) is 17.0 Å². The van der Waals surface area contributed by atoms with Gasteiger partial charge in [-0.3, -0.25) is 9.48 Å². The number of carbonyl (C=O) groups is 1. The Morgan fingerprint density at radius 1 is 1.32 bits per heavy atom. The lowest BCUT2D eigenvalue weighted by Crippen LogP contribution is -2.27. The zero-order valence-electron chi connectivity index (χ0n) is 13.1. The molecule has 0 radical (unpaired) electrons. The van der Waals surface area contributed by atoms with Gasteiger partial charge < -0.3 is 14.8 Å². The summed E-state index contributed by atoms with van der Waals surface area (Å²) in [4.78, 5) is 12.2. The molecule has 0 fully saturated rings. The van der Waals surface area contributed by atoms with E-state index in [0.717, 1.165) is 23.4 Å². The highest BCUT2D eigenvalue weighted by Crippen LogP contribution is 2.23. The van der Waals surface area contributed by atoms with E-state index in [1.165, 1.54) is 0 Å². The van der Waals surface area contributed by atoms with E-state index in [0.29, 0.717) is 18.8 Å². The largest absolute Gasteiger partial charge is 0.497 e. The SMILES string of the molecule is COCCCNC(=O)c1cc(-c2cccc(OC)c2)nn1C. The maximum atomic E-state index is 12.2. The van der Waals surface area contributed by atoms with Gasteiger partial charge in [-0.1, -0.05) is 12.1 Å². The molecule has 6 nitrogen and oxygen atoms in total. The van der Waals surface area contributed by atoms with Crippen molar-refractivity contribution < 1.29 is 14.3 Å². The molecule has 0 aliphatic heterocycles.